The third kappa shape index (κ3) is 4.45. The van der Waals surface area contributed by atoms with Gasteiger partial charge in [-0.05, 0) is 12.3 Å². The van der Waals surface area contributed by atoms with Crippen LogP contribution in [-0.4, -0.2) is 48.6 Å². The lowest BCUT2D eigenvalue weighted by atomic mass is 10.0. The number of anilines is 2. The molecule has 0 amide bonds. The van der Waals surface area contributed by atoms with E-state index in [0.717, 1.165) is 61.9 Å². The van der Waals surface area contributed by atoms with Crippen LogP contribution in [0.5, 0.6) is 0 Å². The predicted molar refractivity (Wildman–Crippen MR) is 111 cm³/mol. The monoisotopic (exact) mass is 382 g/mol. The lowest BCUT2D eigenvalue weighted by molar-refractivity contribution is -0.169. The third-order valence-electron chi connectivity index (χ3n) is 5.44. The number of hydrogen-bond donors (Lipinski definition) is 1. The molecule has 0 unspecified atom stereocenters. The number of hydrogen-bond acceptors (Lipinski definition) is 6. The predicted octanol–water partition coefficient (Wildman–Crippen LogP) is 3.94. The summed E-state index contributed by atoms with van der Waals surface area (Å²) in [5.74, 6) is 2.90. The van der Waals surface area contributed by atoms with E-state index in [2.05, 4.69) is 42.3 Å². The summed E-state index contributed by atoms with van der Waals surface area (Å²) in [6.07, 6.45) is 2.85. The first-order chi connectivity index (χ1) is 13.6. The van der Waals surface area contributed by atoms with Crippen molar-refractivity contribution in [2.45, 2.75) is 38.9 Å². The molecule has 1 aromatic heterocycles. The summed E-state index contributed by atoms with van der Waals surface area (Å²) in [5.41, 5.74) is 1.03. The van der Waals surface area contributed by atoms with Gasteiger partial charge >= 0.3 is 0 Å². The van der Waals surface area contributed by atoms with Gasteiger partial charge in [0.1, 0.15) is 11.6 Å². The quantitative estimate of drug-likeness (QED) is 0.816. The number of rotatable bonds is 6. The highest BCUT2D eigenvalue weighted by molar-refractivity contribution is 5.61. The zero-order valence-electron chi connectivity index (χ0n) is 16.9. The Hall–Kier alpha value is -2.18. The van der Waals surface area contributed by atoms with Gasteiger partial charge in [-0.15, -0.1) is 0 Å². The van der Waals surface area contributed by atoms with Crippen molar-refractivity contribution >= 4 is 11.6 Å². The van der Waals surface area contributed by atoms with Gasteiger partial charge in [0.15, 0.2) is 11.6 Å². The molecule has 1 N–H and O–H groups in total. The molecular formula is C22H30N4O2. The maximum Gasteiger partial charge on any atom is 0.171 e. The number of nitrogens with one attached hydrogen (secondary N) is 1. The van der Waals surface area contributed by atoms with Crippen molar-refractivity contribution in [2.24, 2.45) is 5.92 Å². The van der Waals surface area contributed by atoms with Crippen molar-refractivity contribution in [2.75, 3.05) is 43.1 Å². The van der Waals surface area contributed by atoms with Gasteiger partial charge in [-0.2, -0.15) is 0 Å². The fourth-order valence-corrected chi connectivity index (χ4v) is 3.75. The first-order valence-electron chi connectivity index (χ1n) is 10.3. The first kappa shape index (κ1) is 19.2. The zero-order valence-corrected chi connectivity index (χ0v) is 16.9. The molecule has 0 atom stereocenters. The van der Waals surface area contributed by atoms with Crippen LogP contribution >= 0.6 is 0 Å². The topological polar surface area (TPSA) is 59.5 Å². The first-order valence-corrected chi connectivity index (χ1v) is 10.3. The number of ether oxygens (including phenoxy) is 2. The highest BCUT2D eigenvalue weighted by Crippen LogP contribution is 2.33. The van der Waals surface area contributed by atoms with E-state index in [9.17, 15) is 0 Å². The highest BCUT2D eigenvalue weighted by Gasteiger charge is 2.40. The van der Waals surface area contributed by atoms with Crippen LogP contribution in [0, 0.1) is 5.92 Å². The van der Waals surface area contributed by atoms with Crippen molar-refractivity contribution in [1.82, 2.24) is 9.97 Å². The SMILES string of the molecule is CC(C)CCNc1cc(N2CCC3(CC2)OCCO3)nc(-c2ccccc2)n1. The second kappa shape index (κ2) is 8.45. The largest absolute Gasteiger partial charge is 0.370 e. The Labute approximate surface area is 167 Å². The Balaban J connectivity index is 1.55. The smallest absolute Gasteiger partial charge is 0.171 e. The summed E-state index contributed by atoms with van der Waals surface area (Å²) in [6, 6.07) is 12.3. The highest BCUT2D eigenvalue weighted by atomic mass is 16.7. The van der Waals surface area contributed by atoms with Gasteiger partial charge in [-0.1, -0.05) is 44.2 Å². The molecule has 2 aliphatic heterocycles. The molecule has 0 radical (unpaired) electrons. The van der Waals surface area contributed by atoms with Crippen molar-refractivity contribution in [1.29, 1.82) is 0 Å². The molecule has 0 saturated carbocycles. The van der Waals surface area contributed by atoms with E-state index in [0.29, 0.717) is 19.1 Å². The number of benzene rings is 1. The second-order valence-corrected chi connectivity index (χ2v) is 8.00. The van der Waals surface area contributed by atoms with Crippen LogP contribution in [0.4, 0.5) is 11.6 Å². The van der Waals surface area contributed by atoms with Gasteiger partial charge < -0.3 is 19.7 Å². The fraction of sp³-hybridized carbons (Fsp3) is 0.545. The fourth-order valence-electron chi connectivity index (χ4n) is 3.75. The molecule has 2 aromatic rings. The van der Waals surface area contributed by atoms with Crippen LogP contribution in [0.1, 0.15) is 33.1 Å². The maximum atomic E-state index is 5.86. The summed E-state index contributed by atoms with van der Waals surface area (Å²) < 4.78 is 11.7. The summed E-state index contributed by atoms with van der Waals surface area (Å²) >= 11 is 0. The standard InChI is InChI=1S/C22H30N4O2/c1-17(2)8-11-23-19-16-20(25-21(24-19)18-6-4-3-5-7-18)26-12-9-22(10-13-26)27-14-15-28-22/h3-7,16-17H,8-15H2,1-2H3,(H,23,24,25). The van der Waals surface area contributed by atoms with E-state index in [1.54, 1.807) is 0 Å². The van der Waals surface area contributed by atoms with Crippen molar-refractivity contribution in [3.05, 3.63) is 36.4 Å². The number of nitrogens with zero attached hydrogens (tertiary/aromatic N) is 3. The van der Waals surface area contributed by atoms with E-state index >= 15 is 0 Å². The molecule has 0 aliphatic carbocycles. The average Bonchev–Trinajstić information content (AvgIpc) is 3.17. The molecule has 6 nitrogen and oxygen atoms in total. The van der Waals surface area contributed by atoms with E-state index in [-0.39, 0.29) is 5.79 Å². The average molecular weight is 383 g/mol. The summed E-state index contributed by atoms with van der Waals surface area (Å²) in [7, 11) is 0. The van der Waals surface area contributed by atoms with Crippen molar-refractivity contribution in [3.8, 4) is 11.4 Å². The van der Waals surface area contributed by atoms with Gasteiger partial charge in [0.05, 0.1) is 13.2 Å². The van der Waals surface area contributed by atoms with Crippen LogP contribution < -0.4 is 10.2 Å². The molecule has 2 fully saturated rings. The zero-order chi connectivity index (χ0) is 19.4. The Bertz CT molecular complexity index is 765. The molecule has 3 heterocycles. The maximum absolute atomic E-state index is 5.86. The van der Waals surface area contributed by atoms with E-state index in [1.165, 1.54) is 0 Å². The molecule has 6 heteroatoms. The van der Waals surface area contributed by atoms with E-state index in [1.807, 2.05) is 18.2 Å². The lowest BCUT2D eigenvalue weighted by Crippen LogP contribution is -2.45. The Morgan fingerprint density at radius 1 is 1.07 bits per heavy atom. The minimum Gasteiger partial charge on any atom is -0.370 e. The number of aromatic nitrogens is 2. The summed E-state index contributed by atoms with van der Waals surface area (Å²) in [5, 5.41) is 3.49. The molecule has 150 valence electrons. The lowest BCUT2D eigenvalue weighted by Gasteiger charge is -2.38. The summed E-state index contributed by atoms with van der Waals surface area (Å²) in [6.45, 7) is 8.53. The Morgan fingerprint density at radius 2 is 1.79 bits per heavy atom. The van der Waals surface area contributed by atoms with Crippen LogP contribution in [0.3, 0.4) is 0 Å². The Morgan fingerprint density at radius 3 is 2.46 bits per heavy atom. The van der Waals surface area contributed by atoms with Gasteiger partial charge in [0.2, 0.25) is 0 Å². The van der Waals surface area contributed by atoms with Crippen molar-refractivity contribution in [3.63, 3.8) is 0 Å². The minimum absolute atomic E-state index is 0.371. The van der Waals surface area contributed by atoms with Gasteiger partial charge in [-0.25, -0.2) is 9.97 Å². The molecule has 2 saturated heterocycles. The molecule has 1 aromatic carbocycles. The van der Waals surface area contributed by atoms with E-state index < -0.39 is 0 Å². The second-order valence-electron chi connectivity index (χ2n) is 8.00. The van der Waals surface area contributed by atoms with Gasteiger partial charge in [0, 0.05) is 44.1 Å². The van der Waals surface area contributed by atoms with Crippen LogP contribution in [0.2, 0.25) is 0 Å². The van der Waals surface area contributed by atoms with Crippen molar-refractivity contribution < 1.29 is 9.47 Å². The van der Waals surface area contributed by atoms with E-state index in [4.69, 9.17) is 19.4 Å². The Kier molecular flexibility index (Phi) is 5.78. The minimum atomic E-state index is -0.371. The molecular weight excluding hydrogens is 352 g/mol. The van der Waals surface area contributed by atoms with Crippen LogP contribution in [-0.2, 0) is 9.47 Å². The molecule has 2 aliphatic rings. The van der Waals surface area contributed by atoms with Gasteiger partial charge in [0.25, 0.3) is 0 Å². The number of piperidine rings is 1. The molecule has 4 rings (SSSR count). The molecule has 1 spiro atoms. The molecule has 0 bridgehead atoms. The third-order valence-corrected chi connectivity index (χ3v) is 5.44. The summed E-state index contributed by atoms with van der Waals surface area (Å²) in [4.78, 5) is 12.0. The molecule has 28 heavy (non-hydrogen) atoms. The van der Waals surface area contributed by atoms with Crippen LogP contribution in [0.15, 0.2) is 36.4 Å². The van der Waals surface area contributed by atoms with Crippen LogP contribution in [0.25, 0.3) is 11.4 Å². The van der Waals surface area contributed by atoms with Gasteiger partial charge in [-0.3, -0.25) is 0 Å². The normalized spacial score (nSPS) is 18.8.